The predicted octanol–water partition coefficient (Wildman–Crippen LogP) is 2.53. The summed E-state index contributed by atoms with van der Waals surface area (Å²) in [5.74, 6) is 0. The zero-order chi connectivity index (χ0) is 13.1. The molecule has 19 heavy (non-hydrogen) atoms. The summed E-state index contributed by atoms with van der Waals surface area (Å²) in [4.78, 5) is 2.44. The molecule has 0 saturated carbocycles. The average Bonchev–Trinajstić information content (AvgIpc) is 2.86. The maximum Gasteiger partial charge on any atom is 0.205 e. The van der Waals surface area contributed by atoms with Crippen molar-refractivity contribution >= 4 is 16.5 Å². The Morgan fingerprint density at radius 2 is 2.11 bits per heavy atom. The molecule has 0 unspecified atom stereocenters. The van der Waals surface area contributed by atoms with Gasteiger partial charge >= 0.3 is 0 Å². The van der Waals surface area contributed by atoms with E-state index in [2.05, 4.69) is 51.6 Å². The van der Waals surface area contributed by atoms with Crippen molar-refractivity contribution in [3.63, 3.8) is 0 Å². The number of fused-ring (bicyclic) bond motifs is 1. The third-order valence-corrected chi connectivity index (χ3v) is 4.23. The van der Waals surface area contributed by atoms with E-state index in [1.54, 1.807) is 11.3 Å². The lowest BCUT2D eigenvalue weighted by Gasteiger charge is -2.27. The highest BCUT2D eigenvalue weighted by Crippen LogP contribution is 2.22. The van der Waals surface area contributed by atoms with Crippen molar-refractivity contribution in [2.24, 2.45) is 0 Å². The van der Waals surface area contributed by atoms with Crippen LogP contribution in [0.1, 0.15) is 23.1 Å². The monoisotopic (exact) mass is 274 g/mol. The summed E-state index contributed by atoms with van der Waals surface area (Å²) >= 11 is 1.66. The molecule has 0 amide bonds. The highest BCUT2D eigenvalue weighted by Gasteiger charge is 2.17. The van der Waals surface area contributed by atoms with Crippen LogP contribution in [0.4, 0.5) is 5.13 Å². The van der Waals surface area contributed by atoms with Gasteiger partial charge in [0.1, 0.15) is 5.01 Å². The van der Waals surface area contributed by atoms with E-state index >= 15 is 0 Å². The molecule has 1 aromatic heterocycles. The van der Waals surface area contributed by atoms with Crippen molar-refractivity contribution in [3.8, 4) is 0 Å². The molecule has 1 aliphatic rings. The van der Waals surface area contributed by atoms with Crippen molar-refractivity contribution in [1.29, 1.82) is 0 Å². The Hall–Kier alpha value is -1.46. The molecule has 1 aromatic carbocycles. The third-order valence-electron chi connectivity index (χ3n) is 3.36. The number of rotatable bonds is 4. The highest BCUT2D eigenvalue weighted by atomic mass is 32.1. The van der Waals surface area contributed by atoms with Crippen LogP contribution in [0.3, 0.4) is 0 Å². The number of aromatic nitrogens is 2. The quantitative estimate of drug-likeness (QED) is 0.930. The van der Waals surface area contributed by atoms with Crippen molar-refractivity contribution in [3.05, 3.63) is 40.4 Å². The van der Waals surface area contributed by atoms with Crippen LogP contribution in [-0.2, 0) is 19.5 Å². The Balaban J connectivity index is 1.65. The van der Waals surface area contributed by atoms with Crippen molar-refractivity contribution < 1.29 is 0 Å². The minimum atomic E-state index is 0.895. The van der Waals surface area contributed by atoms with Crippen molar-refractivity contribution in [1.82, 2.24) is 15.1 Å². The topological polar surface area (TPSA) is 41.1 Å². The van der Waals surface area contributed by atoms with E-state index in [0.717, 1.165) is 42.7 Å². The van der Waals surface area contributed by atoms with Crippen LogP contribution in [0.15, 0.2) is 24.3 Å². The van der Waals surface area contributed by atoms with E-state index in [4.69, 9.17) is 0 Å². The van der Waals surface area contributed by atoms with Gasteiger partial charge in [0, 0.05) is 19.6 Å². The standard InChI is InChI=1S/C14H18N4S/c1-2-15-14-17-16-13(19-14)10-18-8-7-11-5-3-4-6-12(11)9-18/h3-6H,2,7-10H2,1H3,(H,15,17). The first kappa shape index (κ1) is 12.6. The molecule has 0 bridgehead atoms. The van der Waals surface area contributed by atoms with Gasteiger partial charge in [0.15, 0.2) is 0 Å². The zero-order valence-corrected chi connectivity index (χ0v) is 11.9. The Bertz CT molecular complexity index is 552. The molecule has 3 rings (SSSR count). The molecule has 2 aromatic rings. The smallest absolute Gasteiger partial charge is 0.205 e. The summed E-state index contributed by atoms with van der Waals surface area (Å²) in [6, 6.07) is 8.71. The van der Waals surface area contributed by atoms with Crippen LogP contribution >= 0.6 is 11.3 Å². The Morgan fingerprint density at radius 1 is 1.26 bits per heavy atom. The number of nitrogens with zero attached hydrogens (tertiary/aromatic N) is 3. The maximum absolute atomic E-state index is 4.25. The lowest BCUT2D eigenvalue weighted by Crippen LogP contribution is -2.29. The van der Waals surface area contributed by atoms with E-state index in [0.29, 0.717) is 0 Å². The second-order valence-electron chi connectivity index (χ2n) is 4.76. The molecular formula is C14H18N4S. The van der Waals surface area contributed by atoms with Crippen LogP contribution in [0.5, 0.6) is 0 Å². The average molecular weight is 274 g/mol. The van der Waals surface area contributed by atoms with Gasteiger partial charge in [-0.15, -0.1) is 10.2 Å². The van der Waals surface area contributed by atoms with E-state index < -0.39 is 0 Å². The Kier molecular flexibility index (Phi) is 3.75. The zero-order valence-electron chi connectivity index (χ0n) is 11.1. The minimum absolute atomic E-state index is 0.895. The Labute approximate surface area is 117 Å². The maximum atomic E-state index is 4.25. The first-order valence-electron chi connectivity index (χ1n) is 6.70. The second kappa shape index (κ2) is 5.67. The number of benzene rings is 1. The van der Waals surface area contributed by atoms with E-state index in [1.165, 1.54) is 11.1 Å². The molecular weight excluding hydrogens is 256 g/mol. The molecule has 100 valence electrons. The molecule has 0 atom stereocenters. The molecule has 0 fully saturated rings. The lowest BCUT2D eigenvalue weighted by atomic mass is 10.0. The lowest BCUT2D eigenvalue weighted by molar-refractivity contribution is 0.244. The number of hydrogen-bond donors (Lipinski definition) is 1. The van der Waals surface area contributed by atoms with Gasteiger partial charge in [0.25, 0.3) is 0 Å². The number of hydrogen-bond acceptors (Lipinski definition) is 5. The summed E-state index contributed by atoms with van der Waals surface area (Å²) in [5, 5.41) is 13.6. The molecule has 0 spiro atoms. The van der Waals surface area contributed by atoms with Crippen LogP contribution < -0.4 is 5.32 Å². The van der Waals surface area contributed by atoms with Gasteiger partial charge in [0.2, 0.25) is 5.13 Å². The van der Waals surface area contributed by atoms with Gasteiger partial charge in [-0.1, -0.05) is 35.6 Å². The van der Waals surface area contributed by atoms with Crippen molar-refractivity contribution in [2.45, 2.75) is 26.4 Å². The normalized spacial score (nSPS) is 15.2. The van der Waals surface area contributed by atoms with Crippen LogP contribution in [0, 0.1) is 0 Å². The summed E-state index contributed by atoms with van der Waals surface area (Å²) in [5.41, 5.74) is 2.94. The fourth-order valence-corrected chi connectivity index (χ4v) is 3.27. The summed E-state index contributed by atoms with van der Waals surface area (Å²) < 4.78 is 0. The molecule has 2 heterocycles. The first-order chi connectivity index (χ1) is 9.35. The minimum Gasteiger partial charge on any atom is -0.360 e. The largest absolute Gasteiger partial charge is 0.360 e. The molecule has 1 N–H and O–H groups in total. The first-order valence-corrected chi connectivity index (χ1v) is 7.52. The van der Waals surface area contributed by atoms with Gasteiger partial charge in [-0.05, 0) is 24.5 Å². The van der Waals surface area contributed by atoms with Gasteiger partial charge in [-0.3, -0.25) is 4.90 Å². The molecule has 0 radical (unpaired) electrons. The number of anilines is 1. The van der Waals surface area contributed by atoms with Gasteiger partial charge in [0.05, 0.1) is 6.54 Å². The van der Waals surface area contributed by atoms with Crippen molar-refractivity contribution in [2.75, 3.05) is 18.4 Å². The third kappa shape index (κ3) is 2.93. The number of nitrogens with one attached hydrogen (secondary N) is 1. The van der Waals surface area contributed by atoms with Gasteiger partial charge in [-0.2, -0.15) is 0 Å². The van der Waals surface area contributed by atoms with E-state index in [9.17, 15) is 0 Å². The fraction of sp³-hybridized carbons (Fsp3) is 0.429. The van der Waals surface area contributed by atoms with E-state index in [1.807, 2.05) is 0 Å². The van der Waals surface area contributed by atoms with Crippen LogP contribution in [0.2, 0.25) is 0 Å². The van der Waals surface area contributed by atoms with Gasteiger partial charge in [-0.25, -0.2) is 0 Å². The molecule has 1 aliphatic heterocycles. The van der Waals surface area contributed by atoms with E-state index in [-0.39, 0.29) is 0 Å². The summed E-state index contributed by atoms with van der Waals surface area (Å²) in [7, 11) is 0. The molecule has 4 nitrogen and oxygen atoms in total. The fourth-order valence-electron chi connectivity index (χ4n) is 2.42. The second-order valence-corrected chi connectivity index (χ2v) is 5.82. The predicted molar refractivity (Wildman–Crippen MR) is 78.3 cm³/mol. The summed E-state index contributed by atoms with van der Waals surface area (Å²) in [6.07, 6.45) is 1.13. The van der Waals surface area contributed by atoms with Crippen LogP contribution in [-0.4, -0.2) is 28.2 Å². The Morgan fingerprint density at radius 3 is 2.95 bits per heavy atom. The van der Waals surface area contributed by atoms with Gasteiger partial charge < -0.3 is 5.32 Å². The van der Waals surface area contributed by atoms with Crippen LogP contribution in [0.25, 0.3) is 0 Å². The summed E-state index contributed by atoms with van der Waals surface area (Å²) in [6.45, 7) is 5.99. The molecule has 5 heteroatoms. The molecule has 0 aliphatic carbocycles. The SMILES string of the molecule is CCNc1nnc(CN2CCc3ccccc3C2)s1. The molecule has 0 saturated heterocycles. The highest BCUT2D eigenvalue weighted by molar-refractivity contribution is 7.15.